The molecule has 4 rings (SSSR count). The van der Waals surface area contributed by atoms with Crippen molar-refractivity contribution < 1.29 is 18.7 Å². The molecule has 2 saturated carbocycles. The van der Waals surface area contributed by atoms with E-state index >= 15 is 0 Å². The molecule has 1 aromatic carbocycles. The summed E-state index contributed by atoms with van der Waals surface area (Å²) in [6.45, 7) is 7.43. The van der Waals surface area contributed by atoms with Gasteiger partial charge in [0.1, 0.15) is 17.3 Å². The number of carbonyl (C=O) groups excluding carboxylic acids is 1. The van der Waals surface area contributed by atoms with Gasteiger partial charge in [-0.3, -0.25) is 9.36 Å². The summed E-state index contributed by atoms with van der Waals surface area (Å²) in [5.74, 6) is -1.07. The number of halogens is 3. The standard InChI is InChI=1S/C26H34ClF2N7O2/c1-13-4-7-16(12-20(13)37)33-25(31-3)35-24-14(2)32-26(34-22-19(28)11-10-18(27)21(22)29)36(24)17-8-5-15(6-9-17)23(30)38/h10-11,13,15-17,20,37H,3-9,12H2,1-2H3,(H2,30,38)(H,32,34)(H,33,35)/t13-,15?,16-,17?,20-/m1/s1. The molecular formula is C26H34ClF2N7O2. The third-order valence-electron chi connectivity index (χ3n) is 7.64. The van der Waals surface area contributed by atoms with E-state index in [2.05, 4.69) is 32.3 Å². The number of aliphatic hydroxyl groups excluding tert-OH is 1. The molecule has 2 aromatic rings. The third-order valence-corrected chi connectivity index (χ3v) is 7.93. The molecule has 1 amide bonds. The molecule has 1 heterocycles. The molecule has 0 unspecified atom stereocenters. The number of amides is 1. The Kier molecular flexibility index (Phi) is 8.67. The third kappa shape index (κ3) is 5.99. The Labute approximate surface area is 225 Å². The minimum atomic E-state index is -0.925. The number of imidazole rings is 1. The number of nitrogens with two attached hydrogens (primary N) is 1. The van der Waals surface area contributed by atoms with E-state index in [0.717, 1.165) is 25.0 Å². The monoisotopic (exact) mass is 549 g/mol. The number of anilines is 3. The zero-order valence-electron chi connectivity index (χ0n) is 21.6. The summed E-state index contributed by atoms with van der Waals surface area (Å²) in [5.41, 5.74) is 5.65. The first-order chi connectivity index (χ1) is 18.1. The van der Waals surface area contributed by atoms with E-state index in [-0.39, 0.29) is 46.8 Å². The van der Waals surface area contributed by atoms with Crippen molar-refractivity contribution in [3.63, 3.8) is 0 Å². The highest BCUT2D eigenvalue weighted by molar-refractivity contribution is 6.31. The van der Waals surface area contributed by atoms with Gasteiger partial charge in [0, 0.05) is 12.0 Å². The van der Waals surface area contributed by atoms with Crippen molar-refractivity contribution in [2.45, 2.75) is 77.0 Å². The highest BCUT2D eigenvalue weighted by atomic mass is 35.5. The molecule has 2 fully saturated rings. The summed E-state index contributed by atoms with van der Waals surface area (Å²) in [5, 5.41) is 16.1. The second-order valence-electron chi connectivity index (χ2n) is 10.2. The Morgan fingerprint density at radius 2 is 1.95 bits per heavy atom. The van der Waals surface area contributed by atoms with Crippen LogP contribution in [0.4, 0.5) is 26.2 Å². The molecule has 2 aliphatic rings. The molecule has 0 spiro atoms. The van der Waals surface area contributed by atoms with Gasteiger partial charge < -0.3 is 21.5 Å². The van der Waals surface area contributed by atoms with E-state index in [1.165, 1.54) is 0 Å². The molecule has 2 aliphatic carbocycles. The minimum Gasteiger partial charge on any atom is -0.393 e. The number of benzene rings is 1. The van der Waals surface area contributed by atoms with Gasteiger partial charge in [-0.05, 0) is 76.6 Å². The van der Waals surface area contributed by atoms with E-state index in [1.54, 1.807) is 6.92 Å². The van der Waals surface area contributed by atoms with Crippen LogP contribution in [0.15, 0.2) is 22.1 Å². The van der Waals surface area contributed by atoms with Crippen LogP contribution in [0.3, 0.4) is 0 Å². The second kappa shape index (κ2) is 11.8. The number of nitrogens with one attached hydrogen (secondary N) is 2. The average molecular weight is 550 g/mol. The van der Waals surface area contributed by atoms with Crippen molar-refractivity contribution in [1.29, 1.82) is 0 Å². The van der Waals surface area contributed by atoms with Crippen LogP contribution in [-0.2, 0) is 4.79 Å². The molecule has 0 saturated heterocycles. The lowest BCUT2D eigenvalue weighted by Crippen LogP contribution is -2.31. The lowest BCUT2D eigenvalue weighted by Gasteiger charge is -2.30. The number of carbonyl (C=O) groups is 1. The molecular weight excluding hydrogens is 516 g/mol. The summed E-state index contributed by atoms with van der Waals surface area (Å²) < 4.78 is 31.2. The average Bonchev–Trinajstić information content (AvgIpc) is 3.20. The number of aryl methyl sites for hydroxylation is 1. The summed E-state index contributed by atoms with van der Waals surface area (Å²) in [7, 11) is 0. The number of guanidine groups is 1. The molecule has 38 heavy (non-hydrogen) atoms. The highest BCUT2D eigenvalue weighted by Gasteiger charge is 2.31. The Morgan fingerprint density at radius 1 is 1.24 bits per heavy atom. The fourth-order valence-electron chi connectivity index (χ4n) is 5.30. The van der Waals surface area contributed by atoms with E-state index in [0.29, 0.717) is 43.6 Å². The Morgan fingerprint density at radius 3 is 2.58 bits per heavy atom. The Hall–Kier alpha value is -3.05. The molecule has 1 aromatic heterocycles. The molecule has 0 radical (unpaired) electrons. The van der Waals surface area contributed by atoms with Gasteiger partial charge in [-0.15, -0.1) is 0 Å². The number of hydrogen-bond donors (Lipinski definition) is 4. The molecule has 9 nitrogen and oxygen atoms in total. The van der Waals surface area contributed by atoms with E-state index in [9.17, 15) is 18.7 Å². The van der Waals surface area contributed by atoms with Gasteiger partial charge in [-0.1, -0.05) is 18.5 Å². The normalized spacial score (nSPS) is 26.2. The van der Waals surface area contributed by atoms with E-state index < -0.39 is 23.4 Å². The van der Waals surface area contributed by atoms with Gasteiger partial charge in [0.05, 0.1) is 22.9 Å². The Balaban J connectivity index is 1.69. The topological polar surface area (TPSA) is 130 Å². The van der Waals surface area contributed by atoms with Crippen molar-refractivity contribution in [3.05, 3.63) is 34.5 Å². The molecule has 5 N–H and O–H groups in total. The van der Waals surface area contributed by atoms with Crippen molar-refractivity contribution >= 4 is 47.6 Å². The SMILES string of the molecule is C=NC(=N[C@@H]1CC[C@@H](C)[C@H](O)C1)Nc1c(C)nc(Nc2c(F)ccc(Cl)c2F)n1C1CCC(C(N)=O)CC1. The predicted octanol–water partition coefficient (Wildman–Crippen LogP) is 5.10. The van der Waals surface area contributed by atoms with Crippen molar-refractivity contribution in [2.24, 2.45) is 27.6 Å². The van der Waals surface area contributed by atoms with Crippen LogP contribution in [0.1, 0.15) is 63.6 Å². The summed E-state index contributed by atoms with van der Waals surface area (Å²) in [6, 6.07) is 1.96. The molecule has 206 valence electrons. The first-order valence-corrected chi connectivity index (χ1v) is 13.2. The van der Waals surface area contributed by atoms with Gasteiger partial charge in [0.25, 0.3) is 0 Å². The van der Waals surface area contributed by atoms with E-state index in [4.69, 9.17) is 17.3 Å². The number of primary amides is 1. The van der Waals surface area contributed by atoms with Crippen LogP contribution in [0, 0.1) is 30.4 Å². The van der Waals surface area contributed by atoms with Crippen LogP contribution < -0.4 is 16.4 Å². The van der Waals surface area contributed by atoms with Crippen LogP contribution in [0.5, 0.6) is 0 Å². The number of aromatic nitrogens is 2. The zero-order valence-corrected chi connectivity index (χ0v) is 22.3. The second-order valence-corrected chi connectivity index (χ2v) is 10.6. The van der Waals surface area contributed by atoms with Crippen LogP contribution in [-0.4, -0.2) is 45.4 Å². The molecule has 3 atom stereocenters. The Bertz CT molecular complexity index is 1230. The number of aliphatic imine (C=N–C) groups is 2. The first kappa shape index (κ1) is 28.0. The van der Waals surface area contributed by atoms with Gasteiger partial charge in [0.2, 0.25) is 17.8 Å². The molecule has 0 bridgehead atoms. The molecule has 0 aliphatic heterocycles. The fraction of sp³-hybridized carbons (Fsp3) is 0.538. The van der Waals surface area contributed by atoms with Gasteiger partial charge in [-0.25, -0.2) is 23.7 Å². The lowest BCUT2D eigenvalue weighted by atomic mass is 9.85. The highest BCUT2D eigenvalue weighted by Crippen LogP contribution is 2.39. The van der Waals surface area contributed by atoms with Gasteiger partial charge in [0.15, 0.2) is 5.82 Å². The summed E-state index contributed by atoms with van der Waals surface area (Å²) >= 11 is 5.90. The van der Waals surface area contributed by atoms with Gasteiger partial charge in [-0.2, -0.15) is 0 Å². The largest absolute Gasteiger partial charge is 0.393 e. The van der Waals surface area contributed by atoms with Crippen molar-refractivity contribution in [1.82, 2.24) is 9.55 Å². The van der Waals surface area contributed by atoms with Crippen molar-refractivity contribution in [2.75, 3.05) is 10.6 Å². The van der Waals surface area contributed by atoms with Crippen LogP contribution in [0.2, 0.25) is 5.02 Å². The first-order valence-electron chi connectivity index (χ1n) is 12.9. The predicted molar refractivity (Wildman–Crippen MR) is 145 cm³/mol. The smallest absolute Gasteiger partial charge is 0.223 e. The number of rotatable bonds is 6. The maximum atomic E-state index is 14.8. The minimum absolute atomic E-state index is 0.121. The van der Waals surface area contributed by atoms with Gasteiger partial charge >= 0.3 is 0 Å². The zero-order chi connectivity index (χ0) is 27.6. The maximum absolute atomic E-state index is 14.8. The number of hydrogen-bond acceptors (Lipinski definition) is 5. The summed E-state index contributed by atoms with van der Waals surface area (Å²) in [4.78, 5) is 25.0. The number of aliphatic hydroxyl groups is 1. The quantitative estimate of drug-likeness (QED) is 0.226. The fourth-order valence-corrected chi connectivity index (χ4v) is 5.46. The maximum Gasteiger partial charge on any atom is 0.223 e. The summed E-state index contributed by atoms with van der Waals surface area (Å²) in [6.07, 6.45) is 4.12. The molecule has 12 heteroatoms. The van der Waals surface area contributed by atoms with E-state index in [1.807, 2.05) is 11.5 Å². The van der Waals surface area contributed by atoms with Crippen molar-refractivity contribution in [3.8, 4) is 0 Å². The van der Waals surface area contributed by atoms with Crippen LogP contribution >= 0.6 is 11.6 Å². The number of nitrogens with zero attached hydrogens (tertiary/aromatic N) is 4. The lowest BCUT2D eigenvalue weighted by molar-refractivity contribution is -0.122. The van der Waals surface area contributed by atoms with Crippen LogP contribution in [0.25, 0.3) is 0 Å².